The fourth-order valence-electron chi connectivity index (χ4n) is 3.00. The topological polar surface area (TPSA) is 3.24 Å². The fraction of sp³-hybridized carbons (Fsp3) is 1.00. The van der Waals surface area contributed by atoms with Gasteiger partial charge in [-0.3, -0.25) is 0 Å². The molecule has 0 aliphatic carbocycles. The monoisotopic (exact) mass is 311 g/mol. The van der Waals surface area contributed by atoms with Crippen LogP contribution in [0.4, 0.5) is 0 Å². The zero-order chi connectivity index (χ0) is 16.8. The normalized spacial score (nSPS) is 12.3. The van der Waals surface area contributed by atoms with Crippen molar-refractivity contribution in [2.75, 3.05) is 19.6 Å². The Balaban J connectivity index is 3.86. The number of hydrogen-bond acceptors (Lipinski definition) is 1. The third-order valence-electron chi connectivity index (χ3n) is 4.52. The maximum atomic E-state index is 2.75. The van der Waals surface area contributed by atoms with E-state index in [1.807, 2.05) is 0 Å². The molecule has 0 atom stereocenters. The summed E-state index contributed by atoms with van der Waals surface area (Å²) in [5, 5.41) is 0. The third-order valence-corrected chi connectivity index (χ3v) is 4.52. The lowest BCUT2D eigenvalue weighted by atomic mass is 10.0. The van der Waals surface area contributed by atoms with Crippen LogP contribution in [0.3, 0.4) is 0 Å². The first-order valence-electron chi connectivity index (χ1n) is 10.1. The summed E-state index contributed by atoms with van der Waals surface area (Å²) in [4.78, 5) is 2.75. The van der Waals surface area contributed by atoms with E-state index >= 15 is 0 Å². The zero-order valence-electron chi connectivity index (χ0n) is 16.7. The molecule has 0 fully saturated rings. The van der Waals surface area contributed by atoms with Crippen LogP contribution in [0.2, 0.25) is 0 Å². The summed E-state index contributed by atoms with van der Waals surface area (Å²) in [5.41, 5.74) is 0. The second-order valence-electron chi connectivity index (χ2n) is 8.51. The van der Waals surface area contributed by atoms with Gasteiger partial charge < -0.3 is 4.90 Å². The van der Waals surface area contributed by atoms with E-state index in [0.717, 1.165) is 17.8 Å². The van der Waals surface area contributed by atoms with E-state index in [2.05, 4.69) is 46.4 Å². The van der Waals surface area contributed by atoms with Gasteiger partial charge in [-0.25, -0.2) is 0 Å². The lowest BCUT2D eigenvalue weighted by Crippen LogP contribution is -2.27. The smallest absolute Gasteiger partial charge is 0.00187 e. The van der Waals surface area contributed by atoms with Crippen molar-refractivity contribution >= 4 is 0 Å². The summed E-state index contributed by atoms with van der Waals surface area (Å²) < 4.78 is 0. The van der Waals surface area contributed by atoms with Gasteiger partial charge in [-0.05, 0) is 56.7 Å². The molecule has 22 heavy (non-hydrogen) atoms. The lowest BCUT2D eigenvalue weighted by molar-refractivity contribution is 0.250. The summed E-state index contributed by atoms with van der Waals surface area (Å²) in [6, 6.07) is 0. The Morgan fingerprint density at radius 1 is 0.455 bits per heavy atom. The highest BCUT2D eigenvalue weighted by atomic mass is 15.1. The lowest BCUT2D eigenvalue weighted by Gasteiger charge is -2.23. The van der Waals surface area contributed by atoms with Crippen LogP contribution in [0.15, 0.2) is 0 Å². The highest BCUT2D eigenvalue weighted by Gasteiger charge is 2.06. The van der Waals surface area contributed by atoms with Gasteiger partial charge in [0.25, 0.3) is 0 Å². The third kappa shape index (κ3) is 16.3. The minimum atomic E-state index is 0.866. The molecule has 1 nitrogen and oxygen atoms in total. The molecule has 0 radical (unpaired) electrons. The molecule has 1 heteroatoms. The molecule has 0 aromatic carbocycles. The van der Waals surface area contributed by atoms with Crippen LogP contribution in [0.1, 0.15) is 99.3 Å². The van der Waals surface area contributed by atoms with Gasteiger partial charge in [-0.15, -0.1) is 0 Å². The first-order valence-corrected chi connectivity index (χ1v) is 10.1. The van der Waals surface area contributed by atoms with E-state index in [4.69, 9.17) is 0 Å². The molecule has 0 spiro atoms. The van der Waals surface area contributed by atoms with Crippen molar-refractivity contribution in [2.24, 2.45) is 17.8 Å². The number of rotatable bonds is 15. The molecule has 0 aromatic heterocycles. The van der Waals surface area contributed by atoms with E-state index in [-0.39, 0.29) is 0 Å². The Morgan fingerprint density at radius 3 is 0.955 bits per heavy atom. The second-order valence-corrected chi connectivity index (χ2v) is 8.51. The van der Waals surface area contributed by atoms with Crippen LogP contribution >= 0.6 is 0 Å². The summed E-state index contributed by atoms with van der Waals surface area (Å²) in [6.07, 6.45) is 12.6. The molecule has 0 N–H and O–H groups in total. The van der Waals surface area contributed by atoms with Crippen molar-refractivity contribution in [1.82, 2.24) is 4.90 Å². The molecule has 0 rings (SSSR count). The van der Waals surface area contributed by atoms with Gasteiger partial charge in [-0.2, -0.15) is 0 Å². The van der Waals surface area contributed by atoms with Crippen molar-refractivity contribution in [3.63, 3.8) is 0 Å². The molecule has 134 valence electrons. The largest absolute Gasteiger partial charge is 0.303 e. The van der Waals surface area contributed by atoms with Crippen LogP contribution < -0.4 is 0 Å². The Bertz CT molecular complexity index is 182. The molecule has 0 aliphatic heterocycles. The predicted molar refractivity (Wildman–Crippen MR) is 103 cm³/mol. The first kappa shape index (κ1) is 22.0. The second kappa shape index (κ2) is 14.5. The summed E-state index contributed by atoms with van der Waals surface area (Å²) in [6.45, 7) is 18.0. The fourth-order valence-corrected chi connectivity index (χ4v) is 3.00. The quantitative estimate of drug-likeness (QED) is 0.302. The summed E-state index contributed by atoms with van der Waals surface area (Å²) in [5.74, 6) is 2.60. The standard InChI is InChI=1S/C21H45N/c1-19(2)13-7-10-16-22(17-11-8-14-20(3)4)18-12-9-15-21(5)6/h19-21H,7-18H2,1-6H3. The van der Waals surface area contributed by atoms with Gasteiger partial charge >= 0.3 is 0 Å². The first-order chi connectivity index (χ1) is 10.4. The van der Waals surface area contributed by atoms with Crippen molar-refractivity contribution in [2.45, 2.75) is 99.3 Å². The zero-order valence-corrected chi connectivity index (χ0v) is 16.7. The predicted octanol–water partition coefficient (Wildman–Crippen LogP) is 6.77. The molecule has 0 aromatic rings. The molecule has 0 amide bonds. The van der Waals surface area contributed by atoms with E-state index in [1.165, 1.54) is 77.4 Å². The highest BCUT2D eigenvalue weighted by Crippen LogP contribution is 2.12. The number of nitrogens with zero attached hydrogens (tertiary/aromatic N) is 1. The van der Waals surface area contributed by atoms with Crippen LogP contribution in [0.25, 0.3) is 0 Å². The van der Waals surface area contributed by atoms with Gasteiger partial charge in [0.05, 0.1) is 0 Å². The van der Waals surface area contributed by atoms with E-state index < -0.39 is 0 Å². The Kier molecular flexibility index (Phi) is 14.5. The maximum Gasteiger partial charge on any atom is -0.00187 e. The Morgan fingerprint density at radius 2 is 0.727 bits per heavy atom. The van der Waals surface area contributed by atoms with E-state index in [9.17, 15) is 0 Å². The molecular formula is C21H45N. The van der Waals surface area contributed by atoms with Crippen LogP contribution in [-0.2, 0) is 0 Å². The van der Waals surface area contributed by atoms with Crippen LogP contribution in [0.5, 0.6) is 0 Å². The van der Waals surface area contributed by atoms with Gasteiger partial charge in [0.2, 0.25) is 0 Å². The highest BCUT2D eigenvalue weighted by molar-refractivity contribution is 4.61. The number of unbranched alkanes of at least 4 members (excludes halogenated alkanes) is 3. The molecule has 0 aliphatic rings. The van der Waals surface area contributed by atoms with E-state index in [1.54, 1.807) is 0 Å². The van der Waals surface area contributed by atoms with Gasteiger partial charge in [0, 0.05) is 0 Å². The molecule has 0 heterocycles. The van der Waals surface area contributed by atoms with Crippen molar-refractivity contribution in [3.8, 4) is 0 Å². The molecule has 0 saturated carbocycles. The van der Waals surface area contributed by atoms with Crippen molar-refractivity contribution in [1.29, 1.82) is 0 Å². The maximum absolute atomic E-state index is 2.75. The minimum Gasteiger partial charge on any atom is -0.303 e. The molecule has 0 bridgehead atoms. The minimum absolute atomic E-state index is 0.866. The van der Waals surface area contributed by atoms with Gasteiger partial charge in [0.15, 0.2) is 0 Å². The van der Waals surface area contributed by atoms with Gasteiger partial charge in [-0.1, -0.05) is 80.1 Å². The SMILES string of the molecule is CC(C)CCCCN(CCCCC(C)C)CCCCC(C)C. The van der Waals surface area contributed by atoms with Crippen molar-refractivity contribution in [3.05, 3.63) is 0 Å². The molecule has 0 unspecified atom stereocenters. The van der Waals surface area contributed by atoms with Crippen LogP contribution in [-0.4, -0.2) is 24.5 Å². The molecule has 0 saturated heterocycles. The Hall–Kier alpha value is -0.0400. The summed E-state index contributed by atoms with van der Waals surface area (Å²) in [7, 11) is 0. The average molecular weight is 312 g/mol. The average Bonchev–Trinajstić information content (AvgIpc) is 2.42. The Labute approximate surface area is 142 Å². The van der Waals surface area contributed by atoms with E-state index in [0.29, 0.717) is 0 Å². The van der Waals surface area contributed by atoms with Crippen molar-refractivity contribution < 1.29 is 0 Å². The number of hydrogen-bond donors (Lipinski definition) is 0. The summed E-state index contributed by atoms with van der Waals surface area (Å²) >= 11 is 0. The van der Waals surface area contributed by atoms with Crippen LogP contribution in [0, 0.1) is 17.8 Å². The van der Waals surface area contributed by atoms with Gasteiger partial charge in [0.1, 0.15) is 0 Å². The molecular weight excluding hydrogens is 266 g/mol.